The van der Waals surface area contributed by atoms with Crippen molar-refractivity contribution < 1.29 is 4.79 Å². The lowest BCUT2D eigenvalue weighted by molar-refractivity contribution is 0.0768. The van der Waals surface area contributed by atoms with Gasteiger partial charge >= 0.3 is 0 Å². The summed E-state index contributed by atoms with van der Waals surface area (Å²) in [5, 5.41) is 4.75. The molecule has 0 radical (unpaired) electrons. The third kappa shape index (κ3) is 2.49. The van der Waals surface area contributed by atoms with Crippen LogP contribution in [-0.4, -0.2) is 42.0 Å². The number of hydrogen-bond donors (Lipinski definition) is 1. The zero-order chi connectivity index (χ0) is 13.9. The normalized spacial score (nSPS) is 16.1. The summed E-state index contributed by atoms with van der Waals surface area (Å²) < 4.78 is 0. The molecule has 1 amide bonds. The van der Waals surface area contributed by atoms with Gasteiger partial charge in [0.05, 0.1) is 16.1 Å². The van der Waals surface area contributed by atoms with Gasteiger partial charge in [0.15, 0.2) is 0 Å². The minimum atomic E-state index is 0.0362. The molecule has 0 spiro atoms. The quantitative estimate of drug-likeness (QED) is 0.876. The second kappa shape index (κ2) is 5.77. The Balaban J connectivity index is 2.01. The van der Waals surface area contributed by atoms with Crippen molar-refractivity contribution in [3.8, 4) is 0 Å². The second-order valence-electron chi connectivity index (χ2n) is 4.89. The molecule has 0 aliphatic carbocycles. The van der Waals surface area contributed by atoms with Gasteiger partial charge in [0.2, 0.25) is 0 Å². The first-order chi connectivity index (χ1) is 9.77. The van der Waals surface area contributed by atoms with Gasteiger partial charge in [-0.1, -0.05) is 11.6 Å². The number of nitrogens with zero attached hydrogens (tertiary/aromatic N) is 2. The molecule has 0 atom stereocenters. The van der Waals surface area contributed by atoms with Gasteiger partial charge in [0, 0.05) is 31.2 Å². The average molecular weight is 290 g/mol. The summed E-state index contributed by atoms with van der Waals surface area (Å²) in [7, 11) is 0. The maximum absolute atomic E-state index is 12.7. The molecule has 5 heteroatoms. The molecule has 0 bridgehead atoms. The van der Waals surface area contributed by atoms with Crippen LogP contribution in [0.15, 0.2) is 30.5 Å². The van der Waals surface area contributed by atoms with E-state index < -0.39 is 0 Å². The number of benzene rings is 1. The molecule has 1 aromatic carbocycles. The van der Waals surface area contributed by atoms with E-state index in [-0.39, 0.29) is 5.91 Å². The second-order valence-corrected chi connectivity index (χ2v) is 5.30. The maximum Gasteiger partial charge on any atom is 0.256 e. The van der Waals surface area contributed by atoms with Crippen molar-refractivity contribution in [2.75, 3.05) is 26.2 Å². The van der Waals surface area contributed by atoms with Gasteiger partial charge in [-0.3, -0.25) is 9.78 Å². The number of pyridine rings is 1. The van der Waals surface area contributed by atoms with Gasteiger partial charge in [-0.15, -0.1) is 0 Å². The van der Waals surface area contributed by atoms with Crippen molar-refractivity contribution in [1.29, 1.82) is 0 Å². The highest BCUT2D eigenvalue weighted by Crippen LogP contribution is 2.25. The van der Waals surface area contributed by atoms with Crippen LogP contribution in [0, 0.1) is 0 Å². The predicted molar refractivity (Wildman–Crippen MR) is 80.1 cm³/mol. The van der Waals surface area contributed by atoms with Gasteiger partial charge < -0.3 is 10.2 Å². The number of carbonyl (C=O) groups is 1. The molecule has 104 valence electrons. The molecular formula is C15H16ClN3O. The molecule has 1 N–H and O–H groups in total. The Morgan fingerprint density at radius 2 is 2.15 bits per heavy atom. The smallest absolute Gasteiger partial charge is 0.256 e. The molecule has 3 rings (SSSR count). The Labute approximate surface area is 122 Å². The number of nitrogens with one attached hydrogen (secondary N) is 1. The van der Waals surface area contributed by atoms with Crippen LogP contribution in [0.3, 0.4) is 0 Å². The molecule has 1 aliphatic heterocycles. The number of aromatic nitrogens is 1. The predicted octanol–water partition coefficient (Wildman–Crippen LogP) is 2.32. The van der Waals surface area contributed by atoms with Crippen molar-refractivity contribution >= 4 is 28.4 Å². The lowest BCUT2D eigenvalue weighted by Crippen LogP contribution is -2.34. The van der Waals surface area contributed by atoms with Crippen LogP contribution in [0.5, 0.6) is 0 Å². The highest BCUT2D eigenvalue weighted by Gasteiger charge is 2.20. The molecule has 1 fully saturated rings. The molecule has 1 aliphatic rings. The minimum Gasteiger partial charge on any atom is -0.337 e. The Morgan fingerprint density at radius 1 is 1.25 bits per heavy atom. The van der Waals surface area contributed by atoms with Crippen molar-refractivity contribution in [1.82, 2.24) is 15.2 Å². The van der Waals surface area contributed by atoms with Crippen LogP contribution >= 0.6 is 11.6 Å². The molecule has 0 saturated carbocycles. The van der Waals surface area contributed by atoms with E-state index in [0.29, 0.717) is 16.1 Å². The Kier molecular flexibility index (Phi) is 3.85. The summed E-state index contributed by atoms with van der Waals surface area (Å²) in [5.74, 6) is 0.0362. The Bertz CT molecular complexity index is 636. The summed E-state index contributed by atoms with van der Waals surface area (Å²) in [4.78, 5) is 18.9. The van der Waals surface area contributed by atoms with E-state index in [4.69, 9.17) is 11.6 Å². The minimum absolute atomic E-state index is 0.0362. The topological polar surface area (TPSA) is 45.2 Å². The standard InChI is InChI=1S/C15H16ClN3O/c16-13-5-4-12(14-11(13)3-1-7-18-14)15(20)19-9-2-6-17-8-10-19/h1,3-5,7,17H,2,6,8-10H2. The van der Waals surface area contributed by atoms with Gasteiger partial charge in [0.25, 0.3) is 5.91 Å². The first-order valence-electron chi connectivity index (χ1n) is 6.80. The molecule has 1 aromatic heterocycles. The highest BCUT2D eigenvalue weighted by atomic mass is 35.5. The van der Waals surface area contributed by atoms with Gasteiger partial charge in [-0.2, -0.15) is 0 Å². The maximum atomic E-state index is 12.7. The summed E-state index contributed by atoms with van der Waals surface area (Å²) in [6.07, 6.45) is 2.67. The van der Waals surface area contributed by atoms with E-state index in [0.717, 1.165) is 38.0 Å². The average Bonchev–Trinajstić information content (AvgIpc) is 2.76. The lowest BCUT2D eigenvalue weighted by Gasteiger charge is -2.20. The van der Waals surface area contributed by atoms with E-state index in [9.17, 15) is 4.79 Å². The summed E-state index contributed by atoms with van der Waals surface area (Å²) in [5.41, 5.74) is 1.31. The van der Waals surface area contributed by atoms with Crippen molar-refractivity contribution in [2.24, 2.45) is 0 Å². The molecule has 0 unspecified atom stereocenters. The van der Waals surface area contributed by atoms with E-state index >= 15 is 0 Å². The number of rotatable bonds is 1. The summed E-state index contributed by atoms with van der Waals surface area (Å²) in [6, 6.07) is 7.27. The molecular weight excluding hydrogens is 274 g/mol. The number of amides is 1. The largest absolute Gasteiger partial charge is 0.337 e. The molecule has 2 heterocycles. The van der Waals surface area contributed by atoms with Crippen LogP contribution < -0.4 is 5.32 Å². The van der Waals surface area contributed by atoms with E-state index in [1.165, 1.54) is 0 Å². The number of hydrogen-bond acceptors (Lipinski definition) is 3. The third-order valence-corrected chi connectivity index (χ3v) is 3.90. The van der Waals surface area contributed by atoms with Gasteiger partial charge in [0.1, 0.15) is 0 Å². The van der Waals surface area contributed by atoms with E-state index in [1.807, 2.05) is 17.0 Å². The van der Waals surface area contributed by atoms with Crippen LogP contribution in [0.25, 0.3) is 10.9 Å². The van der Waals surface area contributed by atoms with Crippen LogP contribution in [0.1, 0.15) is 16.8 Å². The SMILES string of the molecule is O=C(c1ccc(Cl)c2cccnc12)N1CCCNCC1. The molecule has 20 heavy (non-hydrogen) atoms. The first kappa shape index (κ1) is 13.3. The summed E-state index contributed by atoms with van der Waals surface area (Å²) in [6.45, 7) is 3.31. The van der Waals surface area contributed by atoms with E-state index in [2.05, 4.69) is 10.3 Å². The Hall–Kier alpha value is -1.65. The fourth-order valence-electron chi connectivity index (χ4n) is 2.53. The zero-order valence-electron chi connectivity index (χ0n) is 11.1. The third-order valence-electron chi connectivity index (χ3n) is 3.57. The lowest BCUT2D eigenvalue weighted by atomic mass is 10.1. The van der Waals surface area contributed by atoms with Crippen molar-refractivity contribution in [2.45, 2.75) is 6.42 Å². The van der Waals surface area contributed by atoms with Gasteiger partial charge in [-0.25, -0.2) is 0 Å². The van der Waals surface area contributed by atoms with Crippen molar-refractivity contribution in [3.63, 3.8) is 0 Å². The van der Waals surface area contributed by atoms with Crippen molar-refractivity contribution in [3.05, 3.63) is 41.0 Å². The number of halogens is 1. The fraction of sp³-hybridized carbons (Fsp3) is 0.333. The number of carbonyl (C=O) groups excluding carboxylic acids is 1. The van der Waals surface area contributed by atoms with E-state index in [1.54, 1.807) is 18.3 Å². The Morgan fingerprint density at radius 3 is 3.05 bits per heavy atom. The molecule has 1 saturated heterocycles. The van der Waals surface area contributed by atoms with Crippen LogP contribution in [-0.2, 0) is 0 Å². The highest BCUT2D eigenvalue weighted by molar-refractivity contribution is 6.36. The van der Waals surface area contributed by atoms with Gasteiger partial charge in [-0.05, 0) is 37.2 Å². The number of fused-ring (bicyclic) bond motifs is 1. The molecule has 4 nitrogen and oxygen atoms in total. The summed E-state index contributed by atoms with van der Waals surface area (Å²) >= 11 is 6.17. The first-order valence-corrected chi connectivity index (χ1v) is 7.18. The van der Waals surface area contributed by atoms with Crippen LogP contribution in [0.2, 0.25) is 5.02 Å². The fourth-order valence-corrected chi connectivity index (χ4v) is 2.75. The molecule has 2 aromatic rings. The zero-order valence-corrected chi connectivity index (χ0v) is 11.9. The van der Waals surface area contributed by atoms with Crippen LogP contribution in [0.4, 0.5) is 0 Å². The monoisotopic (exact) mass is 289 g/mol.